The average Bonchev–Trinajstić information content (AvgIpc) is 2.22. The van der Waals surface area contributed by atoms with E-state index in [0.717, 1.165) is 5.69 Å². The maximum absolute atomic E-state index is 11.8. The summed E-state index contributed by atoms with van der Waals surface area (Å²) in [6.45, 7) is 1.66. The fraction of sp³-hybridized carbons (Fsp3) is 0.200. The van der Waals surface area contributed by atoms with E-state index in [2.05, 4.69) is 10.7 Å². The summed E-state index contributed by atoms with van der Waals surface area (Å²) in [5.41, 5.74) is 3.82. The smallest absolute Gasteiger partial charge is 0.276 e. The molecule has 5 heteroatoms. The molecule has 1 heterocycles. The zero-order chi connectivity index (χ0) is 10.8. The number of fused-ring (bicyclic) bond motifs is 1. The number of benzene rings is 1. The average molecular weight is 205 g/mol. The van der Waals surface area contributed by atoms with E-state index in [4.69, 9.17) is 0 Å². The van der Waals surface area contributed by atoms with Crippen LogP contribution < -0.4 is 10.7 Å². The molecule has 1 aliphatic heterocycles. The van der Waals surface area contributed by atoms with Crippen molar-refractivity contribution in [3.8, 4) is 0 Å². The zero-order valence-electron chi connectivity index (χ0n) is 8.28. The lowest BCUT2D eigenvalue weighted by molar-refractivity contribution is -0.122. The van der Waals surface area contributed by atoms with E-state index in [9.17, 15) is 9.59 Å². The molecule has 2 rings (SSSR count). The third kappa shape index (κ3) is 1.76. The van der Waals surface area contributed by atoms with E-state index in [0.29, 0.717) is 5.56 Å². The Bertz CT molecular complexity index is 417. The first-order chi connectivity index (χ1) is 7.18. The van der Waals surface area contributed by atoms with Crippen LogP contribution in [0.1, 0.15) is 17.3 Å². The molecule has 0 aliphatic carbocycles. The summed E-state index contributed by atoms with van der Waals surface area (Å²) in [6, 6.07) is 7.19. The van der Waals surface area contributed by atoms with E-state index in [1.54, 1.807) is 12.1 Å². The number of nitrogens with zero attached hydrogens (tertiary/aromatic N) is 1. The second-order valence-electron chi connectivity index (χ2n) is 3.28. The minimum Gasteiger partial charge on any atom is -0.366 e. The van der Waals surface area contributed by atoms with Gasteiger partial charge in [0.25, 0.3) is 5.91 Å². The molecular formula is C10H11N3O2. The summed E-state index contributed by atoms with van der Waals surface area (Å²) in [7, 11) is 0. The Morgan fingerprint density at radius 2 is 2.20 bits per heavy atom. The number of anilines is 1. The first kappa shape index (κ1) is 9.51. The van der Waals surface area contributed by atoms with Crippen LogP contribution in [0, 0.1) is 0 Å². The van der Waals surface area contributed by atoms with E-state index < -0.39 is 0 Å². The molecule has 78 valence electrons. The maximum Gasteiger partial charge on any atom is 0.276 e. The molecule has 1 aromatic carbocycles. The molecule has 0 spiro atoms. The molecule has 0 saturated heterocycles. The van der Waals surface area contributed by atoms with Crippen LogP contribution in [0.15, 0.2) is 24.3 Å². The summed E-state index contributed by atoms with van der Waals surface area (Å²) < 4.78 is 0. The summed E-state index contributed by atoms with van der Waals surface area (Å²) in [5.74, 6) is -0.455. The van der Waals surface area contributed by atoms with Gasteiger partial charge in [0.2, 0.25) is 5.91 Å². The van der Waals surface area contributed by atoms with Crippen molar-refractivity contribution in [1.82, 2.24) is 10.4 Å². The van der Waals surface area contributed by atoms with Crippen LogP contribution in [0.2, 0.25) is 0 Å². The van der Waals surface area contributed by atoms with Gasteiger partial charge in [-0.1, -0.05) is 12.1 Å². The highest BCUT2D eigenvalue weighted by Crippen LogP contribution is 2.20. The molecule has 0 bridgehead atoms. The van der Waals surface area contributed by atoms with Gasteiger partial charge in [0.1, 0.15) is 6.67 Å². The largest absolute Gasteiger partial charge is 0.366 e. The van der Waals surface area contributed by atoms with Crippen molar-refractivity contribution in [3.05, 3.63) is 29.8 Å². The fourth-order valence-corrected chi connectivity index (χ4v) is 1.49. The van der Waals surface area contributed by atoms with Crippen LogP contribution in [0.3, 0.4) is 0 Å². The number of hydrazine groups is 1. The fourth-order valence-electron chi connectivity index (χ4n) is 1.49. The van der Waals surface area contributed by atoms with Crippen molar-refractivity contribution in [2.24, 2.45) is 0 Å². The Balaban J connectivity index is 2.26. The van der Waals surface area contributed by atoms with Crippen LogP contribution in [0.5, 0.6) is 0 Å². The van der Waals surface area contributed by atoms with Crippen molar-refractivity contribution < 1.29 is 9.59 Å². The predicted octanol–water partition coefficient (Wildman–Crippen LogP) is 0.563. The normalized spacial score (nSPS) is 14.2. The maximum atomic E-state index is 11.8. The van der Waals surface area contributed by atoms with Gasteiger partial charge in [-0.05, 0) is 12.1 Å². The van der Waals surface area contributed by atoms with Gasteiger partial charge in [-0.25, -0.2) is 5.01 Å². The number of carbonyl (C=O) groups excluding carboxylic acids is 2. The van der Waals surface area contributed by atoms with Crippen molar-refractivity contribution in [1.29, 1.82) is 0 Å². The lowest BCUT2D eigenvalue weighted by Gasteiger charge is -2.29. The molecule has 0 atom stereocenters. The minimum absolute atomic E-state index is 0.195. The van der Waals surface area contributed by atoms with Crippen molar-refractivity contribution in [3.63, 3.8) is 0 Å². The van der Waals surface area contributed by atoms with Gasteiger partial charge in [-0.3, -0.25) is 15.0 Å². The molecule has 1 aliphatic rings. The lowest BCUT2D eigenvalue weighted by Crippen LogP contribution is -2.50. The molecule has 0 unspecified atom stereocenters. The van der Waals surface area contributed by atoms with Crippen molar-refractivity contribution in [2.75, 3.05) is 12.0 Å². The third-order valence-corrected chi connectivity index (χ3v) is 2.12. The first-order valence-electron chi connectivity index (χ1n) is 4.60. The highest BCUT2D eigenvalue weighted by molar-refractivity contribution is 6.01. The Labute approximate surface area is 87.0 Å². The third-order valence-electron chi connectivity index (χ3n) is 2.12. The monoisotopic (exact) mass is 205 g/mol. The van der Waals surface area contributed by atoms with Crippen LogP contribution in [-0.2, 0) is 4.79 Å². The number of carbonyl (C=O) groups is 2. The Morgan fingerprint density at radius 1 is 1.47 bits per heavy atom. The molecule has 1 aromatic rings. The zero-order valence-corrected chi connectivity index (χ0v) is 8.28. The van der Waals surface area contributed by atoms with Crippen LogP contribution in [-0.4, -0.2) is 23.5 Å². The number of amides is 2. The molecule has 2 N–H and O–H groups in total. The Hall–Kier alpha value is -2.04. The molecule has 0 saturated carbocycles. The van der Waals surface area contributed by atoms with E-state index >= 15 is 0 Å². The second kappa shape index (κ2) is 3.61. The summed E-state index contributed by atoms with van der Waals surface area (Å²) in [6.07, 6.45) is 0. The number of hydrogen-bond acceptors (Lipinski definition) is 3. The molecular weight excluding hydrogens is 194 g/mol. The van der Waals surface area contributed by atoms with E-state index in [1.807, 2.05) is 12.1 Å². The Morgan fingerprint density at radius 3 is 2.93 bits per heavy atom. The summed E-state index contributed by atoms with van der Waals surface area (Å²) in [5, 5.41) is 4.29. The standard InChI is InChI=1S/C10H11N3O2/c1-7(14)12-13-6-11-9-5-3-2-4-8(9)10(13)15/h2-5,11H,6H2,1H3,(H,12,14). The topological polar surface area (TPSA) is 61.4 Å². The summed E-state index contributed by atoms with van der Waals surface area (Å²) >= 11 is 0. The molecule has 2 amide bonds. The van der Waals surface area contributed by atoms with E-state index in [1.165, 1.54) is 11.9 Å². The molecule has 0 radical (unpaired) electrons. The number of rotatable bonds is 1. The van der Waals surface area contributed by atoms with Gasteiger partial charge < -0.3 is 5.32 Å². The Kier molecular flexibility index (Phi) is 2.29. The molecule has 0 aromatic heterocycles. The van der Waals surface area contributed by atoms with E-state index in [-0.39, 0.29) is 18.5 Å². The van der Waals surface area contributed by atoms with Gasteiger partial charge in [0.05, 0.1) is 5.56 Å². The lowest BCUT2D eigenvalue weighted by atomic mass is 10.1. The highest BCUT2D eigenvalue weighted by Gasteiger charge is 2.23. The first-order valence-corrected chi connectivity index (χ1v) is 4.60. The molecule has 5 nitrogen and oxygen atoms in total. The van der Waals surface area contributed by atoms with Crippen molar-refractivity contribution >= 4 is 17.5 Å². The number of nitrogens with one attached hydrogen (secondary N) is 2. The summed E-state index contributed by atoms with van der Waals surface area (Å²) in [4.78, 5) is 22.7. The second-order valence-corrected chi connectivity index (χ2v) is 3.28. The number of hydrogen-bond donors (Lipinski definition) is 2. The van der Waals surface area contributed by atoms with Gasteiger partial charge in [0.15, 0.2) is 0 Å². The van der Waals surface area contributed by atoms with Gasteiger partial charge >= 0.3 is 0 Å². The van der Waals surface area contributed by atoms with Gasteiger partial charge in [-0.2, -0.15) is 0 Å². The van der Waals surface area contributed by atoms with Crippen molar-refractivity contribution in [2.45, 2.75) is 6.92 Å². The van der Waals surface area contributed by atoms with Crippen LogP contribution >= 0.6 is 0 Å². The van der Waals surface area contributed by atoms with Gasteiger partial charge in [0, 0.05) is 12.6 Å². The SMILES string of the molecule is CC(=O)NN1CNc2ccccc2C1=O. The molecule has 0 fully saturated rings. The van der Waals surface area contributed by atoms with Crippen LogP contribution in [0.4, 0.5) is 5.69 Å². The van der Waals surface area contributed by atoms with Crippen LogP contribution in [0.25, 0.3) is 0 Å². The quantitative estimate of drug-likeness (QED) is 0.704. The highest BCUT2D eigenvalue weighted by atomic mass is 16.2. The predicted molar refractivity (Wildman–Crippen MR) is 54.9 cm³/mol. The number of para-hydroxylation sites is 1. The molecule has 15 heavy (non-hydrogen) atoms. The minimum atomic E-state index is -0.260. The van der Waals surface area contributed by atoms with Gasteiger partial charge in [-0.15, -0.1) is 0 Å².